The first kappa shape index (κ1) is 24.0. The van der Waals surface area contributed by atoms with Gasteiger partial charge in [0.2, 0.25) is 0 Å². The van der Waals surface area contributed by atoms with E-state index in [1.165, 1.54) is 0 Å². The summed E-state index contributed by atoms with van der Waals surface area (Å²) in [5.74, 6) is -0.311. The predicted molar refractivity (Wildman–Crippen MR) is 153 cm³/mol. The highest BCUT2D eigenvalue weighted by Crippen LogP contribution is 2.49. The Hall–Kier alpha value is -4.71. The molecule has 0 bridgehead atoms. The lowest BCUT2D eigenvalue weighted by Gasteiger charge is -2.27. The Bertz CT molecular complexity index is 1520. The number of nitrogens with zero attached hydrogens (tertiary/aromatic N) is 2. The summed E-state index contributed by atoms with van der Waals surface area (Å²) in [6.07, 6.45) is 0. The molecule has 1 amide bonds. The van der Waals surface area contributed by atoms with Crippen LogP contribution in [0.2, 0.25) is 0 Å². The molecule has 0 aliphatic carbocycles. The number of nitrogens with one attached hydrogen (secondary N) is 1. The first-order valence-corrected chi connectivity index (χ1v) is 13.7. The summed E-state index contributed by atoms with van der Waals surface area (Å²) in [7, 11) is -2.55. The number of rotatable bonds is 6. The van der Waals surface area contributed by atoms with Crippen LogP contribution in [-0.4, -0.2) is 5.91 Å². The van der Waals surface area contributed by atoms with Crippen molar-refractivity contribution in [2.75, 3.05) is 5.32 Å². The number of carbonyl (C=O) groups excluding carboxylic acids is 1. The Morgan fingerprint density at radius 2 is 1.08 bits per heavy atom. The molecule has 5 rings (SSSR count). The summed E-state index contributed by atoms with van der Waals surface area (Å²) >= 11 is 0. The molecule has 0 spiro atoms. The second-order valence-electron chi connectivity index (χ2n) is 8.37. The van der Waals surface area contributed by atoms with Gasteiger partial charge in [-0.2, -0.15) is 5.26 Å². The second kappa shape index (κ2) is 10.9. The zero-order valence-electron chi connectivity index (χ0n) is 20.0. The Labute approximate surface area is 216 Å². The van der Waals surface area contributed by atoms with Gasteiger partial charge >= 0.3 is 0 Å². The molecule has 0 aliphatic heterocycles. The fourth-order valence-electron chi connectivity index (χ4n) is 4.35. The van der Waals surface area contributed by atoms with Crippen molar-refractivity contribution in [2.24, 2.45) is 4.74 Å². The average Bonchev–Trinajstić information content (AvgIpc) is 2.98. The van der Waals surface area contributed by atoms with Gasteiger partial charge in [-0.05, 0) is 24.3 Å². The summed E-state index contributed by atoms with van der Waals surface area (Å²) in [6, 6.07) is 47.4. The van der Waals surface area contributed by atoms with E-state index in [4.69, 9.17) is 4.74 Å². The highest BCUT2D eigenvalue weighted by Gasteiger charge is 2.28. The third kappa shape index (κ3) is 4.86. The van der Waals surface area contributed by atoms with E-state index in [9.17, 15) is 10.1 Å². The van der Waals surface area contributed by atoms with Crippen molar-refractivity contribution in [3.63, 3.8) is 0 Å². The number of anilines is 1. The normalized spacial score (nSPS) is 10.8. The largest absolute Gasteiger partial charge is 0.321 e. The quantitative estimate of drug-likeness (QED) is 0.268. The Kier molecular flexibility index (Phi) is 7.08. The molecule has 0 saturated carbocycles. The number of hydrogen-bond acceptors (Lipinski definition) is 3. The zero-order valence-corrected chi connectivity index (χ0v) is 20.9. The summed E-state index contributed by atoms with van der Waals surface area (Å²) in [5, 5.41) is 15.7. The number of nitriles is 1. The molecule has 4 nitrogen and oxygen atoms in total. The van der Waals surface area contributed by atoms with Crippen LogP contribution in [0.1, 0.15) is 15.9 Å². The fourth-order valence-corrected chi connectivity index (χ4v) is 7.89. The summed E-state index contributed by atoms with van der Waals surface area (Å²) in [4.78, 5) is 13.5. The van der Waals surface area contributed by atoms with Gasteiger partial charge in [-0.3, -0.25) is 9.54 Å². The molecule has 0 atom stereocenters. The number of benzene rings is 5. The third-order valence-electron chi connectivity index (χ3n) is 6.09. The Morgan fingerprint density at radius 3 is 1.62 bits per heavy atom. The van der Waals surface area contributed by atoms with Gasteiger partial charge in [0.1, 0.15) is 6.07 Å². The van der Waals surface area contributed by atoms with Crippen LogP contribution in [-0.2, 0) is 0 Å². The van der Waals surface area contributed by atoms with Crippen LogP contribution in [0.4, 0.5) is 11.4 Å². The van der Waals surface area contributed by atoms with Crippen molar-refractivity contribution in [1.82, 2.24) is 0 Å². The minimum absolute atomic E-state index is 0.311. The minimum Gasteiger partial charge on any atom is -0.321 e. The minimum atomic E-state index is -2.55. The van der Waals surface area contributed by atoms with Crippen LogP contribution in [0.5, 0.6) is 0 Å². The van der Waals surface area contributed by atoms with Crippen molar-refractivity contribution in [3.8, 4) is 6.07 Å². The van der Waals surface area contributed by atoms with Crippen molar-refractivity contribution in [3.05, 3.63) is 151 Å². The molecule has 5 aromatic rings. The van der Waals surface area contributed by atoms with Crippen molar-refractivity contribution < 1.29 is 4.79 Å². The molecule has 0 fully saturated rings. The van der Waals surface area contributed by atoms with E-state index < -0.39 is 7.05 Å². The van der Waals surface area contributed by atoms with Gasteiger partial charge in [0.25, 0.3) is 5.91 Å². The highest BCUT2D eigenvalue weighted by molar-refractivity contribution is 7.87. The van der Waals surface area contributed by atoms with Gasteiger partial charge in [0.15, 0.2) is 0 Å². The Morgan fingerprint density at radius 1 is 0.622 bits per heavy atom. The van der Waals surface area contributed by atoms with Crippen LogP contribution >= 0.6 is 7.05 Å². The lowest BCUT2D eigenvalue weighted by atomic mass is 10.1. The maximum absolute atomic E-state index is 13.5. The lowest BCUT2D eigenvalue weighted by Crippen LogP contribution is -2.25. The van der Waals surface area contributed by atoms with E-state index in [2.05, 4.69) is 47.8 Å². The lowest BCUT2D eigenvalue weighted by molar-refractivity contribution is 0.102. The first-order chi connectivity index (χ1) is 18.2. The van der Waals surface area contributed by atoms with Crippen LogP contribution in [0.3, 0.4) is 0 Å². The van der Waals surface area contributed by atoms with E-state index in [1.807, 2.05) is 72.8 Å². The maximum atomic E-state index is 13.5. The summed E-state index contributed by atoms with van der Waals surface area (Å²) in [5.41, 5.74) is 1.92. The van der Waals surface area contributed by atoms with Gasteiger partial charge in [-0.15, -0.1) is 0 Å². The van der Waals surface area contributed by atoms with Crippen LogP contribution in [0.15, 0.2) is 144 Å². The molecule has 5 aromatic carbocycles. The van der Waals surface area contributed by atoms with Crippen molar-refractivity contribution in [1.29, 1.82) is 5.26 Å². The van der Waals surface area contributed by atoms with E-state index >= 15 is 0 Å². The molecule has 0 heterocycles. The van der Waals surface area contributed by atoms with Gasteiger partial charge in [-0.25, -0.2) is 0 Å². The van der Waals surface area contributed by atoms with Crippen molar-refractivity contribution >= 4 is 40.2 Å². The Balaban J connectivity index is 1.76. The van der Waals surface area contributed by atoms with Gasteiger partial charge < -0.3 is 5.32 Å². The molecule has 0 saturated heterocycles. The standard InChI is InChI=1S/C32H24N3OP/c33-24-25-14-10-12-22-30(25)34-32(36)29-21-11-13-23-31(29)35-37(26-15-4-1-5-16-26,27-17-6-2-7-18-27)28-19-8-3-9-20-28/h1-23H,(H,34,36). The molecule has 178 valence electrons. The molecular formula is C32H24N3OP. The average molecular weight is 498 g/mol. The van der Waals surface area contributed by atoms with E-state index in [0.717, 1.165) is 15.9 Å². The van der Waals surface area contributed by atoms with Crippen molar-refractivity contribution in [2.45, 2.75) is 0 Å². The first-order valence-electron chi connectivity index (χ1n) is 11.9. The second-order valence-corrected chi connectivity index (χ2v) is 11.4. The number of carbonyl (C=O) groups is 1. The summed E-state index contributed by atoms with van der Waals surface area (Å²) in [6.45, 7) is 0. The van der Waals surface area contributed by atoms with Crippen LogP contribution in [0, 0.1) is 11.3 Å². The molecule has 0 aliphatic rings. The number of hydrogen-bond donors (Lipinski definition) is 1. The highest BCUT2D eigenvalue weighted by atomic mass is 31.2. The summed E-state index contributed by atoms with van der Waals surface area (Å²) < 4.78 is 5.49. The van der Waals surface area contributed by atoms with E-state index in [0.29, 0.717) is 22.5 Å². The third-order valence-corrected chi connectivity index (χ3v) is 9.74. The molecule has 5 heteroatoms. The van der Waals surface area contributed by atoms with Crippen LogP contribution < -0.4 is 21.2 Å². The molecule has 0 unspecified atom stereocenters. The monoisotopic (exact) mass is 497 g/mol. The topological polar surface area (TPSA) is 65.2 Å². The van der Waals surface area contributed by atoms with Crippen LogP contribution in [0.25, 0.3) is 0 Å². The maximum Gasteiger partial charge on any atom is 0.257 e. The predicted octanol–water partition coefficient (Wildman–Crippen LogP) is 6.62. The van der Waals surface area contributed by atoms with E-state index in [-0.39, 0.29) is 5.91 Å². The number of amides is 1. The molecule has 1 N–H and O–H groups in total. The van der Waals surface area contributed by atoms with Gasteiger partial charge in [0.05, 0.1) is 29.6 Å². The molecule has 0 radical (unpaired) electrons. The molecule has 37 heavy (non-hydrogen) atoms. The fraction of sp³-hybridized carbons (Fsp3) is 0. The van der Waals surface area contributed by atoms with E-state index in [1.54, 1.807) is 30.3 Å². The van der Waals surface area contributed by atoms with Gasteiger partial charge in [-0.1, -0.05) is 115 Å². The smallest absolute Gasteiger partial charge is 0.257 e. The zero-order chi connectivity index (χ0) is 25.5. The number of para-hydroxylation sites is 1. The molecular weight excluding hydrogens is 473 g/mol. The molecule has 0 aromatic heterocycles. The van der Waals surface area contributed by atoms with Gasteiger partial charge in [0, 0.05) is 15.9 Å². The SMILES string of the molecule is N#Cc1ccccc1NC(=O)c1ccccc1N=P(c1ccccc1)(c1ccccc1)c1ccccc1.